The van der Waals surface area contributed by atoms with Gasteiger partial charge in [-0.3, -0.25) is 4.68 Å². The molecule has 0 aliphatic carbocycles. The zero-order valence-electron chi connectivity index (χ0n) is 11.3. The largest absolute Gasteiger partial charge is 0.493 e. The number of nitrogens with one attached hydrogen (secondary N) is 1. The predicted octanol–water partition coefficient (Wildman–Crippen LogP) is 2.31. The normalized spacial score (nSPS) is 11.1. The third kappa shape index (κ3) is 6.31. The molecule has 98 valence electrons. The second kappa shape index (κ2) is 8.12. The molecule has 0 unspecified atom stereocenters. The smallest absolute Gasteiger partial charge is 0.156 e. The number of methoxy groups -OCH3 is 1. The highest BCUT2D eigenvalue weighted by Gasteiger charge is 1.97. The summed E-state index contributed by atoms with van der Waals surface area (Å²) >= 11 is 0. The molecule has 0 atom stereocenters. The second-order valence-corrected chi connectivity index (χ2v) is 4.80. The monoisotopic (exact) mass is 239 g/mol. The summed E-state index contributed by atoms with van der Waals surface area (Å²) in [4.78, 5) is 0. The van der Waals surface area contributed by atoms with E-state index in [1.807, 2.05) is 10.9 Å². The van der Waals surface area contributed by atoms with Crippen molar-refractivity contribution in [3.8, 4) is 5.75 Å². The first-order valence-electron chi connectivity index (χ1n) is 6.49. The topological polar surface area (TPSA) is 39.1 Å². The molecule has 4 nitrogen and oxygen atoms in total. The van der Waals surface area contributed by atoms with Gasteiger partial charge in [0, 0.05) is 6.54 Å². The van der Waals surface area contributed by atoms with Gasteiger partial charge in [0.25, 0.3) is 0 Å². The lowest BCUT2D eigenvalue weighted by Crippen LogP contribution is -2.20. The average Bonchev–Trinajstić information content (AvgIpc) is 2.75. The molecule has 0 bridgehead atoms. The van der Waals surface area contributed by atoms with Crippen LogP contribution in [0.3, 0.4) is 0 Å². The van der Waals surface area contributed by atoms with Crippen molar-refractivity contribution in [2.45, 2.75) is 39.7 Å². The lowest BCUT2D eigenvalue weighted by Gasteiger charge is -2.07. The Morgan fingerprint density at radius 2 is 2.18 bits per heavy atom. The first-order chi connectivity index (χ1) is 8.22. The number of ether oxygens (including phenoxy) is 1. The molecule has 0 amide bonds. The van der Waals surface area contributed by atoms with Crippen LogP contribution in [0.25, 0.3) is 0 Å². The van der Waals surface area contributed by atoms with Crippen LogP contribution in [-0.2, 0) is 6.54 Å². The molecule has 0 aromatic carbocycles. The molecule has 1 heterocycles. The van der Waals surface area contributed by atoms with Crippen LogP contribution in [0.15, 0.2) is 12.4 Å². The molecule has 1 aromatic heterocycles. The van der Waals surface area contributed by atoms with Crippen molar-refractivity contribution in [2.75, 3.05) is 20.2 Å². The molecule has 0 saturated carbocycles. The van der Waals surface area contributed by atoms with Gasteiger partial charge >= 0.3 is 0 Å². The Balaban J connectivity index is 1.97. The maximum absolute atomic E-state index is 5.08. The first kappa shape index (κ1) is 14.0. The minimum Gasteiger partial charge on any atom is -0.493 e. The molecule has 0 aliphatic rings. The molecule has 0 saturated heterocycles. The Bertz CT molecular complexity index is 297. The minimum absolute atomic E-state index is 0.742. The summed E-state index contributed by atoms with van der Waals surface area (Å²) < 4.78 is 7.03. The van der Waals surface area contributed by atoms with Gasteiger partial charge in [-0.1, -0.05) is 20.3 Å². The van der Waals surface area contributed by atoms with E-state index in [0.29, 0.717) is 0 Å². The van der Waals surface area contributed by atoms with Gasteiger partial charge in [-0.15, -0.1) is 0 Å². The standard InChI is InChI=1S/C13H25N3O/c1-12(2)9-14-7-5-4-6-8-16-11-13(17-3)10-15-16/h10-12,14H,4-9H2,1-3H3. The van der Waals surface area contributed by atoms with Crippen LogP contribution in [0.4, 0.5) is 0 Å². The summed E-state index contributed by atoms with van der Waals surface area (Å²) in [6.45, 7) is 7.70. The van der Waals surface area contributed by atoms with E-state index in [9.17, 15) is 0 Å². The molecular weight excluding hydrogens is 214 g/mol. The Morgan fingerprint density at radius 1 is 1.35 bits per heavy atom. The Kier molecular flexibility index (Phi) is 6.70. The van der Waals surface area contributed by atoms with Crippen molar-refractivity contribution < 1.29 is 4.74 Å². The Labute approximate surface area is 104 Å². The first-order valence-corrected chi connectivity index (χ1v) is 6.49. The fraction of sp³-hybridized carbons (Fsp3) is 0.769. The van der Waals surface area contributed by atoms with E-state index in [2.05, 4.69) is 24.3 Å². The average molecular weight is 239 g/mol. The molecular formula is C13H25N3O. The summed E-state index contributed by atoms with van der Waals surface area (Å²) in [6, 6.07) is 0. The van der Waals surface area contributed by atoms with E-state index in [-0.39, 0.29) is 0 Å². The van der Waals surface area contributed by atoms with Crippen LogP contribution < -0.4 is 10.1 Å². The molecule has 1 N–H and O–H groups in total. The molecule has 0 fully saturated rings. The van der Waals surface area contributed by atoms with Gasteiger partial charge in [0.1, 0.15) is 0 Å². The summed E-state index contributed by atoms with van der Waals surface area (Å²) in [5.74, 6) is 1.58. The van der Waals surface area contributed by atoms with E-state index >= 15 is 0 Å². The van der Waals surface area contributed by atoms with Crippen LogP contribution in [0.5, 0.6) is 5.75 Å². The number of unbranched alkanes of at least 4 members (excludes halogenated alkanes) is 2. The lowest BCUT2D eigenvalue weighted by atomic mass is 10.2. The van der Waals surface area contributed by atoms with Gasteiger partial charge in [-0.2, -0.15) is 5.10 Å². The number of nitrogens with zero attached hydrogens (tertiary/aromatic N) is 2. The summed E-state index contributed by atoms with van der Waals surface area (Å²) in [7, 11) is 1.67. The van der Waals surface area contributed by atoms with E-state index in [1.165, 1.54) is 19.3 Å². The quantitative estimate of drug-likeness (QED) is 0.672. The number of aromatic nitrogens is 2. The van der Waals surface area contributed by atoms with Gasteiger partial charge < -0.3 is 10.1 Å². The Hall–Kier alpha value is -1.03. The second-order valence-electron chi connectivity index (χ2n) is 4.80. The van der Waals surface area contributed by atoms with E-state index in [4.69, 9.17) is 4.74 Å². The lowest BCUT2D eigenvalue weighted by molar-refractivity contribution is 0.413. The minimum atomic E-state index is 0.742. The van der Waals surface area contributed by atoms with Gasteiger partial charge in [0.15, 0.2) is 5.75 Å². The summed E-state index contributed by atoms with van der Waals surface area (Å²) in [5.41, 5.74) is 0. The molecule has 0 aliphatic heterocycles. The summed E-state index contributed by atoms with van der Waals surface area (Å²) in [5, 5.41) is 7.67. The third-order valence-corrected chi connectivity index (χ3v) is 2.64. The van der Waals surface area contributed by atoms with Crippen LogP contribution in [-0.4, -0.2) is 30.0 Å². The van der Waals surface area contributed by atoms with Gasteiger partial charge in [-0.25, -0.2) is 0 Å². The maximum atomic E-state index is 5.08. The van der Waals surface area contributed by atoms with Crippen molar-refractivity contribution in [1.82, 2.24) is 15.1 Å². The van der Waals surface area contributed by atoms with Crippen LogP contribution in [0, 0.1) is 5.92 Å². The number of rotatable bonds is 9. The molecule has 1 rings (SSSR count). The molecule has 17 heavy (non-hydrogen) atoms. The fourth-order valence-electron chi connectivity index (χ4n) is 1.66. The fourth-order valence-corrected chi connectivity index (χ4v) is 1.66. The van der Waals surface area contributed by atoms with Crippen molar-refractivity contribution >= 4 is 0 Å². The zero-order valence-corrected chi connectivity index (χ0v) is 11.3. The Morgan fingerprint density at radius 3 is 2.82 bits per heavy atom. The van der Waals surface area contributed by atoms with Crippen LogP contribution in [0.1, 0.15) is 33.1 Å². The number of hydrogen-bond acceptors (Lipinski definition) is 3. The van der Waals surface area contributed by atoms with Crippen molar-refractivity contribution in [3.63, 3.8) is 0 Å². The highest BCUT2D eigenvalue weighted by Crippen LogP contribution is 2.07. The van der Waals surface area contributed by atoms with E-state index in [0.717, 1.165) is 31.3 Å². The highest BCUT2D eigenvalue weighted by atomic mass is 16.5. The molecule has 1 aromatic rings. The van der Waals surface area contributed by atoms with E-state index in [1.54, 1.807) is 13.3 Å². The van der Waals surface area contributed by atoms with Gasteiger partial charge in [0.2, 0.25) is 0 Å². The van der Waals surface area contributed by atoms with Crippen LogP contribution >= 0.6 is 0 Å². The molecule has 0 spiro atoms. The number of aryl methyl sites for hydroxylation is 1. The zero-order chi connectivity index (χ0) is 12.5. The predicted molar refractivity (Wildman–Crippen MR) is 70.3 cm³/mol. The van der Waals surface area contributed by atoms with Crippen molar-refractivity contribution in [1.29, 1.82) is 0 Å². The number of hydrogen-bond donors (Lipinski definition) is 1. The van der Waals surface area contributed by atoms with Gasteiger partial charge in [-0.05, 0) is 31.8 Å². The highest BCUT2D eigenvalue weighted by molar-refractivity contribution is 5.10. The third-order valence-electron chi connectivity index (χ3n) is 2.64. The van der Waals surface area contributed by atoms with E-state index < -0.39 is 0 Å². The SMILES string of the molecule is COc1cnn(CCCCCNCC(C)C)c1. The van der Waals surface area contributed by atoms with Crippen molar-refractivity contribution in [3.05, 3.63) is 12.4 Å². The molecule has 4 heteroatoms. The summed E-state index contributed by atoms with van der Waals surface area (Å²) in [6.07, 6.45) is 7.35. The molecule has 0 radical (unpaired) electrons. The van der Waals surface area contributed by atoms with Crippen molar-refractivity contribution in [2.24, 2.45) is 5.92 Å². The maximum Gasteiger partial charge on any atom is 0.156 e. The van der Waals surface area contributed by atoms with Crippen LogP contribution in [0.2, 0.25) is 0 Å². The van der Waals surface area contributed by atoms with Gasteiger partial charge in [0.05, 0.1) is 19.5 Å².